The zero-order chi connectivity index (χ0) is 23.9. The van der Waals surface area contributed by atoms with Gasteiger partial charge in [-0.2, -0.15) is 0 Å². The lowest BCUT2D eigenvalue weighted by molar-refractivity contribution is -0.154. The molecule has 0 saturated carbocycles. The highest BCUT2D eigenvalue weighted by molar-refractivity contribution is 5.93. The van der Waals surface area contributed by atoms with Crippen molar-refractivity contribution < 1.29 is 29.3 Å². The molecule has 3 aromatic carbocycles. The summed E-state index contributed by atoms with van der Waals surface area (Å²) in [5.41, 5.74) is 3.06. The predicted octanol–water partition coefficient (Wildman–Crippen LogP) is 4.72. The fourth-order valence-corrected chi connectivity index (χ4v) is 3.56. The Morgan fingerprint density at radius 2 is 1.38 bits per heavy atom. The van der Waals surface area contributed by atoms with Gasteiger partial charge in [-0.15, -0.1) is 0 Å². The third-order valence-corrected chi connectivity index (χ3v) is 5.38. The highest BCUT2D eigenvalue weighted by Gasteiger charge is 2.26. The Hall–Kier alpha value is -4.39. The molecule has 0 aliphatic carbocycles. The van der Waals surface area contributed by atoms with Crippen LogP contribution >= 0.6 is 0 Å². The van der Waals surface area contributed by atoms with Crippen LogP contribution in [0.1, 0.15) is 16.8 Å². The number of benzene rings is 3. The Kier molecular flexibility index (Phi) is 7.03. The number of aromatic nitrogens is 1. The topological polar surface area (TPSA) is 106 Å². The van der Waals surface area contributed by atoms with Gasteiger partial charge in [-0.25, -0.2) is 4.98 Å². The molecule has 0 amide bonds. The molecule has 7 heteroatoms. The lowest BCUT2D eigenvalue weighted by Crippen LogP contribution is -2.26. The van der Waals surface area contributed by atoms with Crippen LogP contribution < -0.4 is 9.47 Å². The minimum Gasteiger partial charge on any atom is -0.489 e. The first-order chi connectivity index (χ1) is 16.5. The van der Waals surface area contributed by atoms with Gasteiger partial charge in [0.2, 0.25) is 0 Å². The van der Waals surface area contributed by atoms with Crippen molar-refractivity contribution in [2.24, 2.45) is 5.92 Å². The molecule has 4 aromatic rings. The summed E-state index contributed by atoms with van der Waals surface area (Å²) in [6.07, 6.45) is -0.119. The second kappa shape index (κ2) is 10.5. The van der Waals surface area contributed by atoms with Crippen molar-refractivity contribution in [3.8, 4) is 11.5 Å². The summed E-state index contributed by atoms with van der Waals surface area (Å²) in [4.78, 5) is 27.1. The van der Waals surface area contributed by atoms with Gasteiger partial charge in [-0.05, 0) is 41.8 Å². The van der Waals surface area contributed by atoms with E-state index in [-0.39, 0.29) is 13.0 Å². The molecule has 1 heterocycles. The van der Waals surface area contributed by atoms with Crippen molar-refractivity contribution >= 4 is 22.8 Å². The fourth-order valence-electron chi connectivity index (χ4n) is 3.56. The maximum Gasteiger partial charge on any atom is 0.318 e. The van der Waals surface area contributed by atoms with Crippen LogP contribution in [0.4, 0.5) is 0 Å². The van der Waals surface area contributed by atoms with Gasteiger partial charge in [0.05, 0.1) is 11.2 Å². The third-order valence-electron chi connectivity index (χ3n) is 5.38. The molecular formula is C27H23NO6. The molecule has 0 fully saturated rings. The van der Waals surface area contributed by atoms with E-state index in [0.29, 0.717) is 23.7 Å². The average molecular weight is 457 g/mol. The van der Waals surface area contributed by atoms with Gasteiger partial charge in [0, 0.05) is 11.5 Å². The molecule has 0 radical (unpaired) electrons. The molecule has 172 valence electrons. The molecule has 0 aliphatic heterocycles. The molecule has 34 heavy (non-hydrogen) atoms. The first-order valence-electron chi connectivity index (χ1n) is 10.7. The molecule has 2 N–H and O–H groups in total. The van der Waals surface area contributed by atoms with E-state index in [2.05, 4.69) is 4.98 Å². The number of ether oxygens (including phenoxy) is 2. The standard InChI is InChI=1S/C27H23NO6/c29-26(30)24(27(31)32)14-19-7-1-2-8-20(19)16-33-22-9-5-10-23(15-22)34-17-21-13-12-18-6-3-4-11-25(18)28-21/h1-13,15,24H,14,16-17H2,(H,29,30)(H,31,32). The van der Waals surface area contributed by atoms with E-state index < -0.39 is 17.9 Å². The Morgan fingerprint density at radius 1 is 0.735 bits per heavy atom. The molecule has 0 unspecified atom stereocenters. The molecule has 0 spiro atoms. The second-order valence-corrected chi connectivity index (χ2v) is 7.75. The van der Waals surface area contributed by atoms with Crippen LogP contribution in [0.2, 0.25) is 0 Å². The maximum absolute atomic E-state index is 11.3. The molecule has 0 aliphatic rings. The molecule has 4 rings (SSSR count). The normalized spacial score (nSPS) is 10.9. The minimum atomic E-state index is -1.51. The van der Waals surface area contributed by atoms with E-state index in [0.717, 1.165) is 22.2 Å². The van der Waals surface area contributed by atoms with Gasteiger partial charge in [0.15, 0.2) is 5.92 Å². The van der Waals surface area contributed by atoms with Crippen LogP contribution in [0, 0.1) is 5.92 Å². The average Bonchev–Trinajstić information content (AvgIpc) is 2.85. The van der Waals surface area contributed by atoms with Gasteiger partial charge in [-0.1, -0.05) is 54.6 Å². The number of rotatable bonds is 10. The highest BCUT2D eigenvalue weighted by atomic mass is 16.5. The van der Waals surface area contributed by atoms with Gasteiger partial charge in [-0.3, -0.25) is 9.59 Å². The van der Waals surface area contributed by atoms with E-state index >= 15 is 0 Å². The monoisotopic (exact) mass is 457 g/mol. The SMILES string of the molecule is O=C(O)C(Cc1ccccc1COc1cccc(OCc2ccc3ccccc3n2)c1)C(=O)O. The molecule has 0 saturated heterocycles. The number of carboxylic acids is 2. The summed E-state index contributed by atoms with van der Waals surface area (Å²) in [7, 11) is 0. The van der Waals surface area contributed by atoms with Crippen molar-refractivity contribution in [1.82, 2.24) is 4.98 Å². The first kappa shape index (κ1) is 22.8. The number of aliphatic carboxylic acids is 2. The quantitative estimate of drug-likeness (QED) is 0.332. The number of para-hydroxylation sites is 1. The summed E-state index contributed by atoms with van der Waals surface area (Å²) < 4.78 is 11.8. The van der Waals surface area contributed by atoms with Crippen LogP contribution in [0.15, 0.2) is 84.9 Å². The predicted molar refractivity (Wildman–Crippen MR) is 126 cm³/mol. The van der Waals surface area contributed by atoms with Gasteiger partial charge < -0.3 is 19.7 Å². The molecule has 0 atom stereocenters. The summed E-state index contributed by atoms with van der Waals surface area (Å²) in [6, 6.07) is 26.1. The smallest absolute Gasteiger partial charge is 0.318 e. The lowest BCUT2D eigenvalue weighted by Gasteiger charge is -2.14. The van der Waals surface area contributed by atoms with Gasteiger partial charge in [0.25, 0.3) is 0 Å². The molecule has 7 nitrogen and oxygen atoms in total. The van der Waals surface area contributed by atoms with E-state index in [9.17, 15) is 19.8 Å². The van der Waals surface area contributed by atoms with Crippen LogP contribution in [-0.4, -0.2) is 27.1 Å². The lowest BCUT2D eigenvalue weighted by atomic mass is 9.96. The summed E-state index contributed by atoms with van der Waals surface area (Å²) >= 11 is 0. The Balaban J connectivity index is 1.40. The number of hydrogen-bond donors (Lipinski definition) is 2. The number of nitrogens with zero attached hydrogens (tertiary/aromatic N) is 1. The van der Waals surface area contributed by atoms with Crippen molar-refractivity contribution in [3.63, 3.8) is 0 Å². The zero-order valence-electron chi connectivity index (χ0n) is 18.3. The molecule has 1 aromatic heterocycles. The maximum atomic E-state index is 11.3. The zero-order valence-corrected chi connectivity index (χ0v) is 18.3. The number of carboxylic acid groups (broad SMARTS) is 2. The Morgan fingerprint density at radius 3 is 2.12 bits per heavy atom. The second-order valence-electron chi connectivity index (χ2n) is 7.75. The number of carbonyl (C=O) groups is 2. The summed E-state index contributed by atoms with van der Waals surface area (Å²) in [5.74, 6) is -3.05. The summed E-state index contributed by atoms with van der Waals surface area (Å²) in [6.45, 7) is 0.473. The Bertz CT molecular complexity index is 1310. The fraction of sp³-hybridized carbons (Fsp3) is 0.148. The van der Waals surface area contributed by atoms with Crippen LogP contribution in [-0.2, 0) is 29.2 Å². The van der Waals surface area contributed by atoms with E-state index in [1.807, 2.05) is 48.5 Å². The summed E-state index contributed by atoms with van der Waals surface area (Å²) in [5, 5.41) is 19.4. The van der Waals surface area contributed by atoms with Crippen LogP contribution in [0.3, 0.4) is 0 Å². The van der Waals surface area contributed by atoms with Gasteiger partial charge >= 0.3 is 11.9 Å². The highest BCUT2D eigenvalue weighted by Crippen LogP contribution is 2.23. The number of hydrogen-bond acceptors (Lipinski definition) is 5. The number of pyridine rings is 1. The van der Waals surface area contributed by atoms with E-state index in [4.69, 9.17) is 9.47 Å². The van der Waals surface area contributed by atoms with Gasteiger partial charge in [0.1, 0.15) is 24.7 Å². The molecular weight excluding hydrogens is 434 g/mol. The van der Waals surface area contributed by atoms with Crippen LogP contribution in [0.25, 0.3) is 10.9 Å². The van der Waals surface area contributed by atoms with Crippen molar-refractivity contribution in [1.29, 1.82) is 0 Å². The van der Waals surface area contributed by atoms with Crippen molar-refractivity contribution in [2.75, 3.05) is 0 Å². The van der Waals surface area contributed by atoms with Crippen molar-refractivity contribution in [3.05, 3.63) is 102 Å². The van der Waals surface area contributed by atoms with Crippen LogP contribution in [0.5, 0.6) is 11.5 Å². The van der Waals surface area contributed by atoms with Crippen molar-refractivity contribution in [2.45, 2.75) is 19.6 Å². The van der Waals surface area contributed by atoms with E-state index in [1.54, 1.807) is 36.4 Å². The largest absolute Gasteiger partial charge is 0.489 e. The Labute approximate surface area is 196 Å². The van der Waals surface area contributed by atoms with E-state index in [1.165, 1.54) is 0 Å². The minimum absolute atomic E-state index is 0.119. The third kappa shape index (κ3) is 5.69. The number of fused-ring (bicyclic) bond motifs is 1. The first-order valence-corrected chi connectivity index (χ1v) is 10.7. The molecule has 0 bridgehead atoms.